The van der Waals surface area contributed by atoms with E-state index >= 15 is 0 Å². The molecule has 0 spiro atoms. The van der Waals surface area contributed by atoms with Gasteiger partial charge >= 0.3 is 0 Å². The van der Waals surface area contributed by atoms with Gasteiger partial charge < -0.3 is 4.57 Å². The molecule has 7 aromatic rings. The van der Waals surface area contributed by atoms with Crippen LogP contribution in [0.3, 0.4) is 0 Å². The second-order valence-corrected chi connectivity index (χ2v) is 10.4. The highest BCUT2D eigenvalue weighted by atomic mass is 79.9. The van der Waals surface area contributed by atoms with Gasteiger partial charge in [-0.1, -0.05) is 131 Å². The molecule has 0 N–H and O–H groups in total. The van der Waals surface area contributed by atoms with Gasteiger partial charge in [0.25, 0.3) is 0 Å². The molecule has 0 bridgehead atoms. The van der Waals surface area contributed by atoms with E-state index in [2.05, 4.69) is 166 Å². The van der Waals surface area contributed by atoms with Crippen molar-refractivity contribution in [3.63, 3.8) is 0 Å². The third-order valence-electron chi connectivity index (χ3n) is 7.29. The van der Waals surface area contributed by atoms with Gasteiger partial charge in [-0.2, -0.15) is 0 Å². The Morgan fingerprint density at radius 1 is 0.395 bits per heavy atom. The standard InChI is InChI=1S/C36H24BrN/c37-34-19-8-6-17-31(34)30-16-5-4-15-29(30)27-21-22-33-32-18-7-9-20-35(32)38(36(33)24-27)28-14-10-13-26(23-28)25-11-2-1-3-12-25/h1-24H. The smallest absolute Gasteiger partial charge is 0.0547 e. The Hall–Kier alpha value is -4.40. The largest absolute Gasteiger partial charge is 0.309 e. The van der Waals surface area contributed by atoms with E-state index in [1.807, 2.05) is 0 Å². The molecule has 0 aliphatic carbocycles. The third-order valence-corrected chi connectivity index (χ3v) is 7.98. The van der Waals surface area contributed by atoms with Crippen LogP contribution in [-0.4, -0.2) is 4.57 Å². The molecule has 7 rings (SSSR count). The lowest BCUT2D eigenvalue weighted by molar-refractivity contribution is 1.18. The molecule has 1 nitrogen and oxygen atoms in total. The summed E-state index contributed by atoms with van der Waals surface area (Å²) in [6.45, 7) is 0. The molecule has 0 saturated heterocycles. The van der Waals surface area contributed by atoms with Crippen molar-refractivity contribution in [3.8, 4) is 39.1 Å². The van der Waals surface area contributed by atoms with Gasteiger partial charge in [0.05, 0.1) is 11.0 Å². The minimum Gasteiger partial charge on any atom is -0.309 e. The predicted molar refractivity (Wildman–Crippen MR) is 165 cm³/mol. The highest BCUT2D eigenvalue weighted by Crippen LogP contribution is 2.39. The lowest BCUT2D eigenvalue weighted by Gasteiger charge is -2.13. The molecule has 2 heteroatoms. The maximum Gasteiger partial charge on any atom is 0.0547 e. The van der Waals surface area contributed by atoms with Crippen LogP contribution in [0.1, 0.15) is 0 Å². The number of para-hydroxylation sites is 1. The molecule has 0 atom stereocenters. The second kappa shape index (κ2) is 9.48. The van der Waals surface area contributed by atoms with Gasteiger partial charge in [-0.25, -0.2) is 0 Å². The number of hydrogen-bond donors (Lipinski definition) is 0. The zero-order valence-corrected chi connectivity index (χ0v) is 22.3. The van der Waals surface area contributed by atoms with E-state index in [-0.39, 0.29) is 0 Å². The normalized spacial score (nSPS) is 11.3. The molecule has 180 valence electrons. The van der Waals surface area contributed by atoms with Gasteiger partial charge in [0.1, 0.15) is 0 Å². The maximum atomic E-state index is 3.77. The molecule has 0 aliphatic heterocycles. The summed E-state index contributed by atoms with van der Waals surface area (Å²) in [7, 11) is 0. The molecule has 6 aromatic carbocycles. The number of aromatic nitrogens is 1. The summed E-state index contributed by atoms with van der Waals surface area (Å²) in [5.74, 6) is 0. The van der Waals surface area contributed by atoms with E-state index < -0.39 is 0 Å². The number of nitrogens with zero attached hydrogens (tertiary/aromatic N) is 1. The number of halogens is 1. The summed E-state index contributed by atoms with van der Waals surface area (Å²) >= 11 is 3.77. The van der Waals surface area contributed by atoms with Crippen LogP contribution >= 0.6 is 15.9 Å². The van der Waals surface area contributed by atoms with Crippen LogP contribution in [0.5, 0.6) is 0 Å². The molecular formula is C36H24BrN. The van der Waals surface area contributed by atoms with E-state index in [9.17, 15) is 0 Å². The zero-order chi connectivity index (χ0) is 25.5. The molecule has 38 heavy (non-hydrogen) atoms. The molecule has 0 aliphatic rings. The highest BCUT2D eigenvalue weighted by molar-refractivity contribution is 9.10. The first-order chi connectivity index (χ1) is 18.8. The van der Waals surface area contributed by atoms with Crippen molar-refractivity contribution in [3.05, 3.63) is 150 Å². The third kappa shape index (κ3) is 3.86. The summed E-state index contributed by atoms with van der Waals surface area (Å²) in [5.41, 5.74) is 10.8. The van der Waals surface area contributed by atoms with Crippen LogP contribution in [0.4, 0.5) is 0 Å². The summed E-state index contributed by atoms with van der Waals surface area (Å²) in [4.78, 5) is 0. The predicted octanol–water partition coefficient (Wildman–Crippen LogP) is 10.5. The molecule has 0 saturated carbocycles. The van der Waals surface area contributed by atoms with Crippen LogP contribution < -0.4 is 0 Å². The molecule has 1 aromatic heterocycles. The Balaban J connectivity index is 1.47. The number of fused-ring (bicyclic) bond motifs is 3. The van der Waals surface area contributed by atoms with Gasteiger partial charge in [-0.3, -0.25) is 0 Å². The average molecular weight is 550 g/mol. The van der Waals surface area contributed by atoms with E-state index in [1.165, 1.54) is 55.2 Å². The van der Waals surface area contributed by atoms with E-state index in [0.29, 0.717) is 0 Å². The fourth-order valence-electron chi connectivity index (χ4n) is 5.52. The average Bonchev–Trinajstić information content (AvgIpc) is 3.32. The quantitative estimate of drug-likeness (QED) is 0.205. The summed E-state index contributed by atoms with van der Waals surface area (Å²) in [5, 5.41) is 2.52. The molecule has 1 heterocycles. The Bertz CT molecular complexity index is 1930. The molecular weight excluding hydrogens is 526 g/mol. The van der Waals surface area contributed by atoms with E-state index in [4.69, 9.17) is 0 Å². The van der Waals surface area contributed by atoms with E-state index in [0.717, 1.165) is 10.2 Å². The van der Waals surface area contributed by atoms with Crippen LogP contribution in [0, 0.1) is 0 Å². The number of rotatable bonds is 4. The lowest BCUT2D eigenvalue weighted by atomic mass is 9.94. The van der Waals surface area contributed by atoms with Crippen molar-refractivity contribution in [1.29, 1.82) is 0 Å². The summed E-state index contributed by atoms with van der Waals surface area (Å²) in [6.07, 6.45) is 0. The fourth-order valence-corrected chi connectivity index (χ4v) is 6.02. The van der Waals surface area contributed by atoms with Gasteiger partial charge in [-0.15, -0.1) is 0 Å². The van der Waals surface area contributed by atoms with Crippen LogP contribution in [-0.2, 0) is 0 Å². The fraction of sp³-hybridized carbons (Fsp3) is 0. The minimum atomic E-state index is 1.10. The molecule has 0 unspecified atom stereocenters. The molecule has 0 fully saturated rings. The van der Waals surface area contributed by atoms with Crippen molar-refractivity contribution in [1.82, 2.24) is 4.57 Å². The molecule has 0 radical (unpaired) electrons. The van der Waals surface area contributed by atoms with Crippen molar-refractivity contribution in [2.75, 3.05) is 0 Å². The Morgan fingerprint density at radius 2 is 1.05 bits per heavy atom. The zero-order valence-electron chi connectivity index (χ0n) is 20.7. The van der Waals surface area contributed by atoms with Crippen LogP contribution in [0.25, 0.3) is 60.9 Å². The van der Waals surface area contributed by atoms with Crippen molar-refractivity contribution in [2.45, 2.75) is 0 Å². The van der Waals surface area contributed by atoms with Gasteiger partial charge in [0.15, 0.2) is 0 Å². The van der Waals surface area contributed by atoms with Crippen LogP contribution in [0.15, 0.2) is 150 Å². The topological polar surface area (TPSA) is 4.93 Å². The van der Waals surface area contributed by atoms with Gasteiger partial charge in [0.2, 0.25) is 0 Å². The monoisotopic (exact) mass is 549 g/mol. The first-order valence-corrected chi connectivity index (χ1v) is 13.6. The minimum absolute atomic E-state index is 1.10. The van der Waals surface area contributed by atoms with Crippen molar-refractivity contribution >= 4 is 37.7 Å². The maximum absolute atomic E-state index is 3.77. The second-order valence-electron chi connectivity index (χ2n) is 9.53. The summed E-state index contributed by atoms with van der Waals surface area (Å²) in [6, 6.07) is 52.1. The first-order valence-electron chi connectivity index (χ1n) is 12.8. The Morgan fingerprint density at radius 3 is 1.89 bits per heavy atom. The SMILES string of the molecule is Brc1ccccc1-c1ccccc1-c1ccc2c3ccccc3n(-c3cccc(-c4ccccc4)c3)c2c1. The lowest BCUT2D eigenvalue weighted by Crippen LogP contribution is -1.95. The highest BCUT2D eigenvalue weighted by Gasteiger charge is 2.15. The number of hydrogen-bond acceptors (Lipinski definition) is 0. The Labute approximate surface area is 230 Å². The van der Waals surface area contributed by atoms with Crippen LogP contribution in [0.2, 0.25) is 0 Å². The van der Waals surface area contributed by atoms with Crippen molar-refractivity contribution in [2.24, 2.45) is 0 Å². The van der Waals surface area contributed by atoms with Gasteiger partial charge in [-0.05, 0) is 63.7 Å². The Kier molecular flexibility index (Phi) is 5.68. The van der Waals surface area contributed by atoms with Gasteiger partial charge in [0, 0.05) is 20.9 Å². The van der Waals surface area contributed by atoms with E-state index in [1.54, 1.807) is 0 Å². The number of benzene rings is 6. The first kappa shape index (κ1) is 22.8. The van der Waals surface area contributed by atoms with Crippen molar-refractivity contribution < 1.29 is 0 Å². The molecule has 0 amide bonds. The summed E-state index contributed by atoms with van der Waals surface area (Å²) < 4.78 is 3.50.